The minimum absolute atomic E-state index is 0.0123. The number of ether oxygens (including phenoxy) is 2. The van der Waals surface area contributed by atoms with Crippen molar-refractivity contribution < 1.29 is 18.7 Å². The fraction of sp³-hybridized carbons (Fsp3) is 0.423. The summed E-state index contributed by atoms with van der Waals surface area (Å²) in [4.78, 5) is 23.1. The molecule has 9 nitrogen and oxygen atoms in total. The molecule has 1 saturated heterocycles. The third kappa shape index (κ3) is 5.80. The lowest BCUT2D eigenvalue weighted by Gasteiger charge is -2.33. The predicted octanol–water partition coefficient (Wildman–Crippen LogP) is 4.48. The van der Waals surface area contributed by atoms with Gasteiger partial charge in [0.1, 0.15) is 12.1 Å². The number of methoxy groups -OCH3 is 1. The second-order valence-corrected chi connectivity index (χ2v) is 9.65. The molecule has 0 radical (unpaired) electrons. The quantitative estimate of drug-likeness (QED) is 0.433. The van der Waals surface area contributed by atoms with Crippen molar-refractivity contribution >= 4 is 40.0 Å². The summed E-state index contributed by atoms with van der Waals surface area (Å²) >= 11 is 5.94. The molecular weight excluding hydrogens is 499 g/mol. The number of piperazine rings is 1. The van der Waals surface area contributed by atoms with Gasteiger partial charge in [-0.2, -0.15) is 0 Å². The second kappa shape index (κ2) is 11.4. The largest absolute Gasteiger partial charge is 0.493 e. The molecule has 3 N–H and O–H groups in total. The zero-order valence-electron chi connectivity index (χ0n) is 20.6. The van der Waals surface area contributed by atoms with E-state index in [2.05, 4.69) is 25.9 Å². The van der Waals surface area contributed by atoms with Gasteiger partial charge >= 0.3 is 6.03 Å². The van der Waals surface area contributed by atoms with Gasteiger partial charge in [-0.25, -0.2) is 19.2 Å². The van der Waals surface area contributed by atoms with E-state index in [0.717, 1.165) is 51.9 Å². The van der Waals surface area contributed by atoms with E-state index >= 15 is 0 Å². The average molecular weight is 529 g/mol. The van der Waals surface area contributed by atoms with Gasteiger partial charge in [-0.15, -0.1) is 0 Å². The van der Waals surface area contributed by atoms with Crippen LogP contribution in [0.4, 0.5) is 20.7 Å². The van der Waals surface area contributed by atoms with Crippen LogP contribution in [0.1, 0.15) is 25.7 Å². The van der Waals surface area contributed by atoms with Gasteiger partial charge in [0.15, 0.2) is 17.3 Å². The van der Waals surface area contributed by atoms with E-state index in [1.54, 1.807) is 25.3 Å². The van der Waals surface area contributed by atoms with Gasteiger partial charge < -0.3 is 30.3 Å². The number of amides is 2. The molecule has 2 fully saturated rings. The highest BCUT2D eigenvalue weighted by molar-refractivity contribution is 6.31. The lowest BCUT2D eigenvalue weighted by Crippen LogP contribution is -2.52. The Morgan fingerprint density at radius 2 is 1.92 bits per heavy atom. The highest BCUT2D eigenvalue weighted by Crippen LogP contribution is 2.37. The number of hydrogen-bond donors (Lipinski definition) is 3. The highest BCUT2D eigenvalue weighted by Gasteiger charge is 2.27. The molecule has 0 spiro atoms. The van der Waals surface area contributed by atoms with Gasteiger partial charge in [-0.3, -0.25) is 0 Å². The first-order chi connectivity index (χ1) is 18.0. The Kier molecular flexibility index (Phi) is 7.76. The van der Waals surface area contributed by atoms with Gasteiger partial charge in [0, 0.05) is 43.7 Å². The molecule has 0 bridgehead atoms. The Morgan fingerprint density at radius 1 is 1.14 bits per heavy atom. The summed E-state index contributed by atoms with van der Waals surface area (Å²) in [6.45, 7) is 3.13. The first kappa shape index (κ1) is 25.3. The fourth-order valence-corrected chi connectivity index (χ4v) is 4.96. The maximum Gasteiger partial charge on any atom is 0.317 e. The summed E-state index contributed by atoms with van der Waals surface area (Å²) in [7, 11) is 1.58. The molecule has 1 saturated carbocycles. The number of aromatic nitrogens is 2. The first-order valence-corrected chi connectivity index (χ1v) is 12.9. The van der Waals surface area contributed by atoms with Crippen LogP contribution in [0.15, 0.2) is 36.7 Å². The van der Waals surface area contributed by atoms with Crippen LogP contribution in [-0.2, 0) is 0 Å². The van der Waals surface area contributed by atoms with Crippen LogP contribution in [0.2, 0.25) is 5.02 Å². The number of carbonyl (C=O) groups is 1. The minimum Gasteiger partial charge on any atom is -0.493 e. The Bertz CT molecular complexity index is 1260. The minimum atomic E-state index is -0.554. The molecule has 2 heterocycles. The predicted molar refractivity (Wildman–Crippen MR) is 140 cm³/mol. The van der Waals surface area contributed by atoms with Crippen molar-refractivity contribution in [1.82, 2.24) is 25.5 Å². The second-order valence-electron chi connectivity index (χ2n) is 9.25. The lowest BCUT2D eigenvalue weighted by atomic mass is 9.93. The van der Waals surface area contributed by atoms with Crippen LogP contribution in [-0.4, -0.2) is 66.3 Å². The van der Waals surface area contributed by atoms with Gasteiger partial charge in [-0.1, -0.05) is 17.7 Å². The molecule has 3 aromatic rings. The van der Waals surface area contributed by atoms with Crippen LogP contribution in [0, 0.1) is 5.82 Å². The van der Waals surface area contributed by atoms with E-state index in [0.29, 0.717) is 28.2 Å². The van der Waals surface area contributed by atoms with Crippen molar-refractivity contribution in [3.63, 3.8) is 0 Å². The molecule has 1 aliphatic heterocycles. The Labute approximate surface area is 219 Å². The Hall–Kier alpha value is -3.37. The maximum absolute atomic E-state index is 14.5. The van der Waals surface area contributed by atoms with E-state index in [-0.39, 0.29) is 28.9 Å². The van der Waals surface area contributed by atoms with E-state index in [1.165, 1.54) is 12.4 Å². The first-order valence-electron chi connectivity index (χ1n) is 12.5. The van der Waals surface area contributed by atoms with Gasteiger partial charge in [-0.05, 0) is 43.9 Å². The van der Waals surface area contributed by atoms with Gasteiger partial charge in [0.2, 0.25) is 0 Å². The number of benzene rings is 2. The molecule has 37 heavy (non-hydrogen) atoms. The maximum atomic E-state index is 14.5. The number of anilines is 2. The molecular formula is C26H30ClFN6O3. The molecule has 2 amide bonds. The number of urea groups is 1. The monoisotopic (exact) mass is 528 g/mol. The van der Waals surface area contributed by atoms with Crippen LogP contribution >= 0.6 is 11.6 Å². The summed E-state index contributed by atoms with van der Waals surface area (Å²) in [6.07, 6.45) is 4.66. The number of nitrogens with zero attached hydrogens (tertiary/aromatic N) is 3. The Balaban J connectivity index is 1.28. The zero-order valence-corrected chi connectivity index (χ0v) is 21.4. The van der Waals surface area contributed by atoms with Crippen molar-refractivity contribution in [3.8, 4) is 11.5 Å². The van der Waals surface area contributed by atoms with E-state index in [1.807, 2.05) is 11.0 Å². The Morgan fingerprint density at radius 3 is 2.68 bits per heavy atom. The number of fused-ring (bicyclic) bond motifs is 1. The molecule has 11 heteroatoms. The van der Waals surface area contributed by atoms with Crippen molar-refractivity contribution in [2.24, 2.45) is 0 Å². The van der Waals surface area contributed by atoms with Crippen LogP contribution in [0.5, 0.6) is 11.5 Å². The standard InChI is InChI=1S/C26H30ClFN6O3/c1-36-22-14-21-18(25(31-15-30-21)33-20-4-2-3-19(27)24(20)28)13-23(22)37-17-7-5-16(6-8-17)32-26(35)34-11-9-29-10-12-34/h2-4,13-17,29H,5-12H2,1H3,(H,32,35)(H,30,31,33). The van der Waals surface area contributed by atoms with Crippen molar-refractivity contribution in [2.45, 2.75) is 37.8 Å². The van der Waals surface area contributed by atoms with Gasteiger partial charge in [0.05, 0.1) is 29.4 Å². The third-order valence-corrected chi connectivity index (χ3v) is 7.12. The number of nitrogens with one attached hydrogen (secondary N) is 3. The summed E-state index contributed by atoms with van der Waals surface area (Å²) in [5, 5.41) is 10.1. The third-order valence-electron chi connectivity index (χ3n) is 6.83. The molecule has 0 atom stereocenters. The molecule has 1 aliphatic carbocycles. The fourth-order valence-electron chi connectivity index (χ4n) is 4.78. The number of carbonyl (C=O) groups excluding carboxylic acids is 1. The summed E-state index contributed by atoms with van der Waals surface area (Å²) < 4.78 is 26.4. The van der Waals surface area contributed by atoms with Crippen molar-refractivity contribution in [3.05, 3.63) is 47.5 Å². The zero-order chi connectivity index (χ0) is 25.8. The number of rotatable bonds is 6. The number of halogens is 2. The summed E-state index contributed by atoms with van der Waals surface area (Å²) in [5.74, 6) is 0.993. The van der Waals surface area contributed by atoms with Crippen LogP contribution in [0.25, 0.3) is 10.9 Å². The summed E-state index contributed by atoms with van der Waals surface area (Å²) in [5.41, 5.74) is 0.843. The lowest BCUT2D eigenvalue weighted by molar-refractivity contribution is 0.131. The number of hydrogen-bond acceptors (Lipinski definition) is 7. The van der Waals surface area contributed by atoms with Crippen molar-refractivity contribution in [2.75, 3.05) is 38.6 Å². The summed E-state index contributed by atoms with van der Waals surface area (Å²) in [6, 6.07) is 8.49. The smallest absolute Gasteiger partial charge is 0.317 e. The van der Waals surface area contributed by atoms with E-state index in [4.69, 9.17) is 21.1 Å². The highest BCUT2D eigenvalue weighted by atomic mass is 35.5. The molecule has 2 aromatic carbocycles. The van der Waals surface area contributed by atoms with Gasteiger partial charge in [0.25, 0.3) is 0 Å². The SMILES string of the molecule is COc1cc2ncnc(Nc3cccc(Cl)c3F)c2cc1OC1CCC(NC(=O)N2CCNCC2)CC1. The van der Waals surface area contributed by atoms with Crippen molar-refractivity contribution in [1.29, 1.82) is 0 Å². The molecule has 5 rings (SSSR count). The van der Waals surface area contributed by atoms with Crippen LogP contribution in [0.3, 0.4) is 0 Å². The molecule has 0 unspecified atom stereocenters. The normalized spacial score (nSPS) is 19.9. The molecule has 1 aromatic heterocycles. The van der Waals surface area contributed by atoms with E-state index in [9.17, 15) is 9.18 Å². The molecule has 2 aliphatic rings. The van der Waals surface area contributed by atoms with Crippen LogP contribution < -0.4 is 25.4 Å². The van der Waals surface area contributed by atoms with E-state index < -0.39 is 5.82 Å². The topological polar surface area (TPSA) is 101 Å². The molecule has 196 valence electrons. The average Bonchev–Trinajstić information content (AvgIpc) is 2.92.